The molecule has 8 heteroatoms. The summed E-state index contributed by atoms with van der Waals surface area (Å²) in [6, 6.07) is 0. The fourth-order valence-corrected chi connectivity index (χ4v) is 4.69. The second-order valence-electron chi connectivity index (χ2n) is 4.16. The second kappa shape index (κ2) is 4.97. The van der Waals surface area contributed by atoms with Crippen molar-refractivity contribution in [3.05, 3.63) is 32.6 Å². The van der Waals surface area contributed by atoms with Crippen LogP contribution in [0, 0.1) is 6.92 Å². The topological polar surface area (TPSA) is 95.3 Å². The molecule has 100 valence electrons. The van der Waals surface area contributed by atoms with Crippen LogP contribution in [-0.2, 0) is 0 Å². The van der Waals surface area contributed by atoms with Crippen molar-refractivity contribution in [1.29, 1.82) is 0 Å². The van der Waals surface area contributed by atoms with Crippen molar-refractivity contribution in [2.45, 2.75) is 29.0 Å². The van der Waals surface area contributed by atoms with Crippen LogP contribution in [-0.4, -0.2) is 53.6 Å². The number of nitrogens with one attached hydrogen (secondary N) is 1. The van der Waals surface area contributed by atoms with Crippen LogP contribution >= 0.6 is 0 Å². The van der Waals surface area contributed by atoms with E-state index in [1.807, 2.05) is 0 Å². The Labute approximate surface area is 108 Å². The van der Waals surface area contributed by atoms with Gasteiger partial charge in [-0.2, -0.15) is 0 Å². The molecular weight excluding hydrogens is 310 g/mol. The van der Waals surface area contributed by atoms with Crippen molar-refractivity contribution < 1.29 is 14.6 Å². The van der Waals surface area contributed by atoms with Gasteiger partial charge in [0.05, 0.1) is 0 Å². The number of hydrogen-bond donors (Lipinski definition) is 3. The minimum atomic E-state index is -1.61. The van der Waals surface area contributed by atoms with Gasteiger partial charge < -0.3 is 0 Å². The summed E-state index contributed by atoms with van der Waals surface area (Å²) in [6.45, 7) is 1.21. The molecule has 0 aromatic carbocycles. The number of aromatic amines is 1. The molecule has 1 saturated heterocycles. The van der Waals surface area contributed by atoms with Gasteiger partial charge in [-0.05, 0) is 0 Å². The molecule has 1 aromatic rings. The van der Waals surface area contributed by atoms with Crippen LogP contribution in [0.1, 0.15) is 10.5 Å². The van der Waals surface area contributed by atoms with Crippen LogP contribution in [0.15, 0.2) is 15.8 Å². The second-order valence-corrected chi connectivity index (χ2v) is 7.02. The number of H-pyrrole nitrogens is 1. The third-order valence-corrected chi connectivity index (χ3v) is 6.13. The van der Waals surface area contributed by atoms with Gasteiger partial charge >= 0.3 is 107 Å². The van der Waals surface area contributed by atoms with Crippen LogP contribution in [0.25, 0.3) is 0 Å². The van der Waals surface area contributed by atoms with Crippen LogP contribution in [0.5, 0.6) is 0 Å². The maximum atomic E-state index is 13.9. The maximum absolute atomic E-state index is 13.9. The van der Waals surface area contributed by atoms with Crippen LogP contribution in [0.2, 0.25) is 4.82 Å². The summed E-state index contributed by atoms with van der Waals surface area (Å²) in [7, 11) is 0. The van der Waals surface area contributed by atoms with E-state index in [0.717, 1.165) is 4.57 Å². The first-order valence-corrected chi connectivity index (χ1v) is 7.34. The van der Waals surface area contributed by atoms with E-state index in [9.17, 15) is 19.1 Å². The summed E-state index contributed by atoms with van der Waals surface area (Å²) in [4.78, 5) is 23.6. The van der Waals surface area contributed by atoms with Crippen molar-refractivity contribution in [3.8, 4) is 0 Å². The Kier molecular flexibility index (Phi) is 3.72. The van der Waals surface area contributed by atoms with Gasteiger partial charge in [-0.15, -0.1) is 0 Å². The molecule has 0 saturated carbocycles. The normalized spacial score (nSPS) is 31.8. The average Bonchev–Trinajstić information content (AvgIpc) is 2.61. The number of alkyl halides is 1. The van der Waals surface area contributed by atoms with E-state index in [1.54, 1.807) is 0 Å². The number of rotatable bonds is 2. The van der Waals surface area contributed by atoms with Crippen molar-refractivity contribution >= 4 is 15.0 Å². The molecule has 0 bridgehead atoms. The van der Waals surface area contributed by atoms with E-state index >= 15 is 0 Å². The van der Waals surface area contributed by atoms with Gasteiger partial charge in [0.1, 0.15) is 0 Å². The van der Waals surface area contributed by atoms with E-state index in [2.05, 4.69) is 4.98 Å². The molecule has 1 aromatic heterocycles. The molecule has 1 fully saturated rings. The first-order chi connectivity index (χ1) is 8.45. The number of halogens is 1. The van der Waals surface area contributed by atoms with Gasteiger partial charge in [-0.1, -0.05) is 0 Å². The number of aromatic nitrogens is 2. The van der Waals surface area contributed by atoms with Gasteiger partial charge in [0.2, 0.25) is 0 Å². The average molecular weight is 323 g/mol. The van der Waals surface area contributed by atoms with Crippen molar-refractivity contribution in [1.82, 2.24) is 9.55 Å². The van der Waals surface area contributed by atoms with Crippen molar-refractivity contribution in [2.75, 3.05) is 6.61 Å². The minimum absolute atomic E-state index is 0.305. The summed E-state index contributed by atoms with van der Waals surface area (Å²) in [5, 5.41) is 18.6. The zero-order valence-corrected chi connectivity index (χ0v) is 11.3. The first kappa shape index (κ1) is 13.5. The molecule has 4 atom stereocenters. The van der Waals surface area contributed by atoms with E-state index < -0.39 is 48.2 Å². The molecule has 1 aliphatic rings. The van der Waals surface area contributed by atoms with E-state index in [1.165, 1.54) is 13.1 Å². The number of aryl methyl sites for hydroxylation is 1. The third kappa shape index (κ3) is 2.16. The fourth-order valence-electron chi connectivity index (χ4n) is 1.85. The van der Waals surface area contributed by atoms with Crippen molar-refractivity contribution in [3.63, 3.8) is 0 Å². The van der Waals surface area contributed by atoms with E-state index in [0.29, 0.717) is 5.56 Å². The molecule has 1 aliphatic heterocycles. The van der Waals surface area contributed by atoms with Gasteiger partial charge in [-0.3, -0.25) is 0 Å². The zero-order valence-electron chi connectivity index (χ0n) is 9.54. The summed E-state index contributed by atoms with van der Waals surface area (Å²) in [5.74, 6) is 0. The standard InChI is InChI=1S/C10H13FN2O4Se/c1-4-2-13(10(17)12-8(4)16)9-6(11)7(15)5(3-14)18-9/h2,5-7,9,14-15H,3H2,1H3,(H,12,16,17)/t5-,6+,7-,9?/m1/s1. The molecule has 0 amide bonds. The fraction of sp³-hybridized carbons (Fsp3) is 0.600. The number of aliphatic hydroxyl groups is 2. The van der Waals surface area contributed by atoms with E-state index in [4.69, 9.17) is 5.11 Å². The monoisotopic (exact) mass is 324 g/mol. The Hall–Kier alpha value is -0.951. The van der Waals surface area contributed by atoms with Crippen LogP contribution in [0.4, 0.5) is 4.39 Å². The predicted octanol–water partition coefficient (Wildman–Crippen LogP) is -1.46. The molecule has 6 nitrogen and oxygen atoms in total. The Balaban J connectivity index is 2.42. The summed E-state index contributed by atoms with van der Waals surface area (Å²) >= 11 is -0.456. The summed E-state index contributed by atoms with van der Waals surface area (Å²) in [6.07, 6.45) is -1.57. The first-order valence-electron chi connectivity index (χ1n) is 5.36. The molecule has 2 heterocycles. The molecule has 1 unspecified atom stereocenters. The third-order valence-electron chi connectivity index (χ3n) is 2.89. The van der Waals surface area contributed by atoms with Gasteiger partial charge in [0.15, 0.2) is 0 Å². The zero-order chi connectivity index (χ0) is 13.4. The molecule has 0 aliphatic carbocycles. The van der Waals surface area contributed by atoms with Crippen LogP contribution in [0.3, 0.4) is 0 Å². The Morgan fingerprint density at radius 3 is 2.78 bits per heavy atom. The molecule has 3 N–H and O–H groups in total. The molecule has 0 spiro atoms. The molecular formula is C10H13FN2O4Se. The quantitative estimate of drug-likeness (QED) is 0.580. The van der Waals surface area contributed by atoms with Gasteiger partial charge in [0, 0.05) is 0 Å². The molecule has 18 heavy (non-hydrogen) atoms. The Morgan fingerprint density at radius 1 is 1.56 bits per heavy atom. The van der Waals surface area contributed by atoms with Gasteiger partial charge in [0.25, 0.3) is 0 Å². The van der Waals surface area contributed by atoms with E-state index in [-0.39, 0.29) is 6.61 Å². The summed E-state index contributed by atoms with van der Waals surface area (Å²) in [5.41, 5.74) is -0.887. The predicted molar refractivity (Wildman–Crippen MR) is 62.6 cm³/mol. The Morgan fingerprint density at radius 2 is 2.22 bits per heavy atom. The SMILES string of the molecule is Cc1cn(C2[Se][C@H](CO)[C@@H](O)[C@@H]2F)c(=O)[nH]c1=O. The number of nitrogens with zero attached hydrogens (tertiary/aromatic N) is 1. The number of hydrogen-bond acceptors (Lipinski definition) is 4. The Bertz CT molecular complexity index is 558. The summed E-state index contributed by atoms with van der Waals surface area (Å²) < 4.78 is 15.0. The van der Waals surface area contributed by atoms with Crippen molar-refractivity contribution in [2.24, 2.45) is 0 Å². The van der Waals surface area contributed by atoms with Gasteiger partial charge in [-0.25, -0.2) is 0 Å². The number of aliphatic hydroxyl groups excluding tert-OH is 2. The van der Waals surface area contributed by atoms with Crippen LogP contribution < -0.4 is 11.2 Å². The molecule has 0 radical (unpaired) electrons. The molecule has 2 rings (SSSR count).